The summed E-state index contributed by atoms with van der Waals surface area (Å²) in [6, 6.07) is 0. The van der Waals surface area contributed by atoms with Crippen LogP contribution in [-0.4, -0.2) is 30.2 Å². The SMILES string of the molecule is O=C([O-])CC(C(=O)[O-])S(=O)(=O)O.[Ag]. The van der Waals surface area contributed by atoms with Crippen LogP contribution < -0.4 is 10.2 Å². The van der Waals surface area contributed by atoms with Gasteiger partial charge in [0.25, 0.3) is 10.1 Å². The fourth-order valence-corrected chi connectivity index (χ4v) is 1.05. The van der Waals surface area contributed by atoms with Gasteiger partial charge in [0.2, 0.25) is 0 Å². The third-order valence-corrected chi connectivity index (χ3v) is 2.05. The van der Waals surface area contributed by atoms with Crippen molar-refractivity contribution in [3.05, 3.63) is 0 Å². The van der Waals surface area contributed by atoms with Gasteiger partial charge in [0, 0.05) is 34.8 Å². The Morgan fingerprint density at radius 1 is 1.31 bits per heavy atom. The Kier molecular flexibility index (Phi) is 6.20. The molecule has 0 saturated heterocycles. The average molecular weight is 304 g/mol. The second-order valence-electron chi connectivity index (χ2n) is 1.90. The molecule has 81 valence electrons. The monoisotopic (exact) mass is 303 g/mol. The van der Waals surface area contributed by atoms with Crippen LogP contribution in [0.5, 0.6) is 0 Å². The molecule has 0 aromatic rings. The molecule has 0 aromatic heterocycles. The molecule has 13 heavy (non-hydrogen) atoms. The molecule has 9 heteroatoms. The Morgan fingerprint density at radius 3 is 1.77 bits per heavy atom. The number of hydrogen-bond acceptors (Lipinski definition) is 6. The maximum atomic E-state index is 10.2. The Morgan fingerprint density at radius 2 is 1.69 bits per heavy atom. The molecular weight excluding hydrogens is 300 g/mol. The van der Waals surface area contributed by atoms with Gasteiger partial charge in [0.15, 0.2) is 0 Å². The topological polar surface area (TPSA) is 135 Å². The number of carbonyl (C=O) groups excluding carboxylic acids is 2. The molecule has 0 heterocycles. The van der Waals surface area contributed by atoms with Gasteiger partial charge in [-0.3, -0.25) is 4.55 Å². The summed E-state index contributed by atoms with van der Waals surface area (Å²) in [6.45, 7) is 0. The van der Waals surface area contributed by atoms with E-state index in [2.05, 4.69) is 0 Å². The smallest absolute Gasteiger partial charge is 0.273 e. The number of hydrogen-bond donors (Lipinski definition) is 1. The first-order valence-corrected chi connectivity index (χ1v) is 4.12. The van der Waals surface area contributed by atoms with Crippen molar-refractivity contribution in [2.45, 2.75) is 11.7 Å². The first kappa shape index (κ1) is 15.1. The molecule has 0 aromatic carbocycles. The van der Waals surface area contributed by atoms with Crippen LogP contribution in [0.25, 0.3) is 0 Å². The molecule has 1 unspecified atom stereocenters. The molecule has 1 N–H and O–H groups in total. The molecule has 0 saturated carbocycles. The van der Waals surface area contributed by atoms with Crippen LogP contribution in [0.15, 0.2) is 0 Å². The molecule has 0 aliphatic rings. The van der Waals surface area contributed by atoms with E-state index in [0.29, 0.717) is 0 Å². The van der Waals surface area contributed by atoms with Crippen LogP contribution in [0.4, 0.5) is 0 Å². The van der Waals surface area contributed by atoms with Crippen molar-refractivity contribution >= 4 is 22.1 Å². The summed E-state index contributed by atoms with van der Waals surface area (Å²) in [6.07, 6.45) is -1.33. The van der Waals surface area contributed by atoms with Gasteiger partial charge in [-0.05, 0) is 0 Å². The molecule has 0 rings (SSSR count). The molecule has 0 aliphatic heterocycles. The Bertz CT molecular complexity index is 294. The summed E-state index contributed by atoms with van der Waals surface area (Å²) in [7, 11) is -4.94. The summed E-state index contributed by atoms with van der Waals surface area (Å²) < 4.78 is 28.5. The van der Waals surface area contributed by atoms with Gasteiger partial charge in [0.1, 0.15) is 5.25 Å². The van der Waals surface area contributed by atoms with Crippen molar-refractivity contribution in [3.63, 3.8) is 0 Å². The van der Waals surface area contributed by atoms with Gasteiger partial charge < -0.3 is 19.8 Å². The van der Waals surface area contributed by atoms with E-state index in [4.69, 9.17) is 4.55 Å². The third kappa shape index (κ3) is 5.77. The van der Waals surface area contributed by atoms with E-state index in [-0.39, 0.29) is 22.4 Å². The maximum absolute atomic E-state index is 10.2. The first-order valence-electron chi connectivity index (χ1n) is 2.62. The van der Waals surface area contributed by atoms with Gasteiger partial charge >= 0.3 is 0 Å². The van der Waals surface area contributed by atoms with E-state index in [0.717, 1.165) is 0 Å². The minimum atomic E-state index is -4.94. The molecule has 0 aliphatic carbocycles. The Labute approximate surface area is 89.0 Å². The predicted octanol–water partition coefficient (Wildman–Crippen LogP) is -3.87. The van der Waals surface area contributed by atoms with Crippen LogP contribution in [0.2, 0.25) is 0 Å². The summed E-state index contributed by atoms with van der Waals surface area (Å²) in [4.78, 5) is 19.7. The number of carboxylic acids is 2. The van der Waals surface area contributed by atoms with E-state index in [1.54, 1.807) is 0 Å². The van der Waals surface area contributed by atoms with E-state index in [1.807, 2.05) is 0 Å². The molecule has 0 bridgehead atoms. The van der Waals surface area contributed by atoms with E-state index in [9.17, 15) is 28.2 Å². The molecule has 7 nitrogen and oxygen atoms in total. The van der Waals surface area contributed by atoms with Crippen molar-refractivity contribution in [2.24, 2.45) is 0 Å². The largest absolute Gasteiger partial charge is 0.550 e. The second kappa shape index (κ2) is 5.35. The zero-order valence-electron chi connectivity index (χ0n) is 5.89. The fourth-order valence-electron chi connectivity index (χ4n) is 0.462. The molecule has 0 fully saturated rings. The van der Waals surface area contributed by atoms with Crippen molar-refractivity contribution in [2.75, 3.05) is 0 Å². The normalized spacial score (nSPS) is 12.7. The quantitative estimate of drug-likeness (QED) is 0.414. The van der Waals surface area contributed by atoms with E-state index in [1.165, 1.54) is 0 Å². The molecule has 1 radical (unpaired) electrons. The van der Waals surface area contributed by atoms with E-state index < -0.39 is 33.7 Å². The summed E-state index contributed by atoms with van der Waals surface area (Å²) >= 11 is 0. The van der Waals surface area contributed by atoms with Gasteiger partial charge in [-0.1, -0.05) is 0 Å². The van der Waals surface area contributed by atoms with Crippen LogP contribution in [0, 0.1) is 0 Å². The fraction of sp³-hybridized carbons (Fsp3) is 0.500. The average Bonchev–Trinajstić information content (AvgIpc) is 1.79. The minimum Gasteiger partial charge on any atom is -0.550 e. The van der Waals surface area contributed by atoms with Crippen LogP contribution >= 0.6 is 0 Å². The summed E-state index contributed by atoms with van der Waals surface area (Å²) in [5.74, 6) is -4.08. The zero-order valence-corrected chi connectivity index (χ0v) is 8.19. The molecule has 0 amide bonds. The first-order chi connectivity index (χ1) is 5.25. The third-order valence-electron chi connectivity index (χ3n) is 0.975. The number of rotatable bonds is 4. The molecule has 1 atom stereocenters. The van der Waals surface area contributed by atoms with Crippen molar-refractivity contribution in [1.29, 1.82) is 0 Å². The van der Waals surface area contributed by atoms with Gasteiger partial charge in [-0.15, -0.1) is 0 Å². The van der Waals surface area contributed by atoms with E-state index >= 15 is 0 Å². The minimum absolute atomic E-state index is 0. The number of carboxylic acid groups (broad SMARTS) is 2. The second-order valence-corrected chi connectivity index (χ2v) is 3.50. The van der Waals surface area contributed by atoms with Crippen LogP contribution in [0.3, 0.4) is 0 Å². The zero-order chi connectivity index (χ0) is 9.94. The Hall–Kier alpha value is -0.410. The van der Waals surface area contributed by atoms with Crippen molar-refractivity contribution < 1.29 is 55.2 Å². The van der Waals surface area contributed by atoms with Crippen LogP contribution in [-0.2, 0) is 42.1 Å². The van der Waals surface area contributed by atoms with Crippen LogP contribution in [0.1, 0.15) is 6.42 Å². The summed E-state index contributed by atoms with van der Waals surface area (Å²) in [5.41, 5.74) is 0. The van der Waals surface area contributed by atoms with Crippen molar-refractivity contribution in [1.82, 2.24) is 0 Å². The number of aliphatic carboxylic acids is 2. The van der Waals surface area contributed by atoms with Gasteiger partial charge in [0.05, 0.1) is 5.97 Å². The van der Waals surface area contributed by atoms with Gasteiger partial charge in [-0.25, -0.2) is 0 Å². The predicted molar refractivity (Wildman–Crippen MR) is 30.0 cm³/mol. The maximum Gasteiger partial charge on any atom is 0.273 e. The van der Waals surface area contributed by atoms with Gasteiger partial charge in [-0.2, -0.15) is 8.42 Å². The summed E-state index contributed by atoms with van der Waals surface area (Å²) in [5, 5.41) is 17.3. The van der Waals surface area contributed by atoms with Crippen molar-refractivity contribution in [3.8, 4) is 0 Å². The Balaban J connectivity index is 0. The number of carbonyl (C=O) groups is 2. The standard InChI is InChI=1S/C4H6O7S.Ag/c5-3(6)1-2(4(7)8)12(9,10)11;/h2H,1H2,(H,5,6)(H,7,8)(H,9,10,11);/p-2. The molecule has 0 spiro atoms. The molecular formula is C4H4AgO7S-2.